The highest BCUT2D eigenvalue weighted by Crippen LogP contribution is 2.45. The van der Waals surface area contributed by atoms with Crippen molar-refractivity contribution in [1.82, 2.24) is 0 Å². The topological polar surface area (TPSA) is 241 Å². The van der Waals surface area contributed by atoms with Crippen LogP contribution in [-0.2, 0) is 33.0 Å². The minimum atomic E-state index is -0.329. The van der Waals surface area contributed by atoms with Gasteiger partial charge in [-0.15, -0.1) is 13.8 Å². The number of phenolic OH excluding ortho intramolecular Hbond substituents is 1. The largest absolute Gasteiger partial charge is 0.505 e. The summed E-state index contributed by atoms with van der Waals surface area (Å²) in [6.07, 6.45) is 0.182. The number of benzene rings is 6. The fourth-order valence-electron chi connectivity index (χ4n) is 5.55. The number of anilines is 2. The maximum absolute atomic E-state index is 11.4. The third-order valence-electron chi connectivity index (χ3n) is 8.80. The summed E-state index contributed by atoms with van der Waals surface area (Å²) < 4.78 is 25.0. The van der Waals surface area contributed by atoms with Gasteiger partial charge in [0.25, 0.3) is 0 Å². The van der Waals surface area contributed by atoms with Crippen molar-refractivity contribution < 1.29 is 53.4 Å². The number of hydrogen-bond acceptors (Lipinski definition) is 21. The Hall–Kier alpha value is -6.53. The van der Waals surface area contributed by atoms with Crippen LogP contribution in [0.25, 0.3) is 10.8 Å². The van der Waals surface area contributed by atoms with Gasteiger partial charge in [-0.3, -0.25) is 4.79 Å². The first-order chi connectivity index (χ1) is 30.7. The Kier molecular flexibility index (Phi) is 17.2. The maximum atomic E-state index is 11.4. The first-order valence-electron chi connectivity index (χ1n) is 18.7. The molecule has 19 nitrogen and oxygen atoms in total. The van der Waals surface area contributed by atoms with Crippen molar-refractivity contribution in [3.63, 3.8) is 0 Å². The Morgan fingerprint density at radius 2 is 1.22 bits per heavy atom. The molecule has 326 valence electrons. The number of hydrogen-bond donors (Lipinski definition) is 5. The SMILES string of the molecule is COC(=O)CCOCNc1ccc(OCNc2ccc3c(O)c(N=Nc4cc(C)c(N=Nc5ccc(N=Nc6ccc(SOOO)cc6)cc5)cc4C)c(SOOO)cc3c2)cc1. The molecule has 0 heterocycles. The van der Waals surface area contributed by atoms with E-state index in [1.165, 1.54) is 7.11 Å². The highest BCUT2D eigenvalue weighted by atomic mass is 32.2. The second-order valence-electron chi connectivity index (χ2n) is 13.0. The normalized spacial score (nSPS) is 11.6. The Morgan fingerprint density at radius 1 is 0.651 bits per heavy atom. The van der Waals surface area contributed by atoms with Gasteiger partial charge in [-0.25, -0.2) is 10.5 Å². The fraction of sp³-hybridized carbons (Fsp3) is 0.167. The van der Waals surface area contributed by atoms with E-state index in [1.54, 1.807) is 78.9 Å². The van der Waals surface area contributed by atoms with E-state index in [-0.39, 0.29) is 43.9 Å². The third kappa shape index (κ3) is 13.7. The van der Waals surface area contributed by atoms with Crippen LogP contribution in [0.2, 0.25) is 0 Å². The first-order valence-corrected chi connectivity index (χ1v) is 20.2. The van der Waals surface area contributed by atoms with Crippen LogP contribution in [0.4, 0.5) is 45.5 Å². The van der Waals surface area contributed by atoms with E-state index in [4.69, 9.17) is 24.3 Å². The number of nitrogens with one attached hydrogen (secondary N) is 2. The number of fused-ring (bicyclic) bond motifs is 1. The number of aryl methyl sites for hydroxylation is 2. The molecule has 0 fully saturated rings. The molecule has 0 saturated carbocycles. The molecule has 0 aromatic heterocycles. The molecule has 0 aliphatic carbocycles. The lowest BCUT2D eigenvalue weighted by Gasteiger charge is -2.13. The van der Waals surface area contributed by atoms with Crippen LogP contribution in [0.15, 0.2) is 150 Å². The standard InChI is InChI=1S/C42H40N8O11S2/c1-26-21-38(27(2)20-37(26)48-47-31-6-4-30(5-7-31)45-46-32-10-15-35(16-11-32)62-60-58-53)49-50-41-39(63-61-59-54)23-28-22-33(12-17-36(28)42(41)52)44-25-57-34-13-8-29(9-14-34)43-24-56-19-18-40(51)55-3/h4-17,20-23,43-44,52-54H,18-19,24-25H2,1-3H3. The molecule has 21 heteroatoms. The van der Waals surface area contributed by atoms with E-state index in [0.717, 1.165) is 28.9 Å². The number of azo groups is 3. The Bertz CT molecular complexity index is 2550. The molecular formula is C42H40N8O11S2. The Morgan fingerprint density at radius 3 is 1.86 bits per heavy atom. The van der Waals surface area contributed by atoms with Crippen LogP contribution < -0.4 is 15.4 Å². The van der Waals surface area contributed by atoms with Gasteiger partial charge < -0.3 is 30.0 Å². The van der Waals surface area contributed by atoms with Crippen molar-refractivity contribution in [2.75, 3.05) is 37.8 Å². The zero-order valence-electron chi connectivity index (χ0n) is 33.8. The number of esters is 1. The lowest BCUT2D eigenvalue weighted by atomic mass is 10.1. The number of phenols is 1. The fourth-order valence-corrected chi connectivity index (χ4v) is 6.40. The summed E-state index contributed by atoms with van der Waals surface area (Å²) in [5.74, 6) is 0.140. The van der Waals surface area contributed by atoms with Crippen molar-refractivity contribution in [3.05, 3.63) is 120 Å². The van der Waals surface area contributed by atoms with Gasteiger partial charge in [0.05, 0.1) is 77.6 Å². The van der Waals surface area contributed by atoms with Gasteiger partial charge in [0.1, 0.15) is 18.2 Å². The van der Waals surface area contributed by atoms with Gasteiger partial charge in [0.2, 0.25) is 0 Å². The lowest BCUT2D eigenvalue weighted by Crippen LogP contribution is -2.11. The molecule has 0 amide bonds. The molecule has 5 N–H and O–H groups in total. The second-order valence-corrected chi connectivity index (χ2v) is 14.6. The summed E-state index contributed by atoms with van der Waals surface area (Å²) in [6, 6.07) is 32.0. The number of carbonyl (C=O) groups is 1. The summed E-state index contributed by atoms with van der Waals surface area (Å²) in [7, 11) is 1.33. The quantitative estimate of drug-likeness (QED) is 0.00809. The number of carbonyl (C=O) groups excluding carboxylic acids is 1. The number of aromatic hydroxyl groups is 1. The van der Waals surface area contributed by atoms with Crippen LogP contribution in [0.1, 0.15) is 17.5 Å². The summed E-state index contributed by atoms with van der Waals surface area (Å²) in [6.45, 7) is 4.36. The molecule has 6 aromatic carbocycles. The Balaban J connectivity index is 1.07. The van der Waals surface area contributed by atoms with E-state index in [1.807, 2.05) is 44.2 Å². The summed E-state index contributed by atoms with van der Waals surface area (Å²) in [5.41, 5.74) is 6.18. The molecule has 6 aromatic rings. The molecule has 6 rings (SSSR count). The van der Waals surface area contributed by atoms with Gasteiger partial charge in [0.15, 0.2) is 12.5 Å². The van der Waals surface area contributed by atoms with Crippen LogP contribution in [-0.4, -0.2) is 48.8 Å². The van der Waals surface area contributed by atoms with Crippen molar-refractivity contribution in [3.8, 4) is 11.5 Å². The van der Waals surface area contributed by atoms with E-state index in [2.05, 4.69) is 60.5 Å². The minimum Gasteiger partial charge on any atom is -0.505 e. The maximum Gasteiger partial charge on any atom is 0.307 e. The van der Waals surface area contributed by atoms with Crippen molar-refractivity contribution >= 4 is 86.3 Å². The molecule has 0 atom stereocenters. The third-order valence-corrected chi connectivity index (χ3v) is 10.0. The smallest absolute Gasteiger partial charge is 0.307 e. The van der Waals surface area contributed by atoms with E-state index in [9.17, 15) is 9.90 Å². The molecule has 0 saturated heterocycles. The molecule has 0 bridgehead atoms. The van der Waals surface area contributed by atoms with Crippen LogP contribution in [0, 0.1) is 13.8 Å². The van der Waals surface area contributed by atoms with Gasteiger partial charge >= 0.3 is 5.97 Å². The monoisotopic (exact) mass is 896 g/mol. The number of ether oxygens (including phenoxy) is 3. The first kappa shape index (κ1) is 46.0. The van der Waals surface area contributed by atoms with Crippen molar-refractivity contribution in [2.24, 2.45) is 30.7 Å². The predicted octanol–water partition coefficient (Wildman–Crippen LogP) is 12.7. The Labute approximate surface area is 368 Å². The van der Waals surface area contributed by atoms with Crippen molar-refractivity contribution in [2.45, 2.75) is 30.1 Å². The zero-order chi connectivity index (χ0) is 44.4. The van der Waals surface area contributed by atoms with Gasteiger partial charge in [-0.05, 0) is 140 Å². The van der Waals surface area contributed by atoms with Crippen LogP contribution in [0.5, 0.6) is 11.5 Å². The zero-order valence-corrected chi connectivity index (χ0v) is 35.5. The summed E-state index contributed by atoms with van der Waals surface area (Å²) in [5, 5.41) is 69.6. The van der Waals surface area contributed by atoms with Crippen LogP contribution in [0.3, 0.4) is 0 Å². The predicted molar refractivity (Wildman–Crippen MR) is 235 cm³/mol. The highest BCUT2D eigenvalue weighted by Gasteiger charge is 2.16. The lowest BCUT2D eigenvalue weighted by molar-refractivity contribution is -0.432. The van der Waals surface area contributed by atoms with Gasteiger partial charge in [-0.2, -0.15) is 25.6 Å². The molecular weight excluding hydrogens is 857 g/mol. The average molecular weight is 897 g/mol. The molecule has 0 unspecified atom stereocenters. The molecule has 0 radical (unpaired) electrons. The van der Waals surface area contributed by atoms with E-state index < -0.39 is 0 Å². The second kappa shape index (κ2) is 23.6. The van der Waals surface area contributed by atoms with Gasteiger partial charge in [0, 0.05) is 21.7 Å². The van der Waals surface area contributed by atoms with E-state index >= 15 is 0 Å². The summed E-state index contributed by atoms with van der Waals surface area (Å²) in [4.78, 5) is 12.2. The summed E-state index contributed by atoms with van der Waals surface area (Å²) >= 11 is 1.50. The average Bonchev–Trinajstić information content (AvgIpc) is 3.30. The molecule has 0 spiro atoms. The van der Waals surface area contributed by atoms with E-state index in [0.29, 0.717) is 72.5 Å². The van der Waals surface area contributed by atoms with Crippen molar-refractivity contribution in [1.29, 1.82) is 0 Å². The molecule has 0 aliphatic heterocycles. The highest BCUT2D eigenvalue weighted by molar-refractivity contribution is 7.94. The molecule has 0 aliphatic rings. The van der Waals surface area contributed by atoms with Crippen LogP contribution >= 0.6 is 24.1 Å². The minimum absolute atomic E-state index is 0.0972. The van der Waals surface area contributed by atoms with Gasteiger partial charge in [-0.1, -0.05) is 10.1 Å². The molecule has 63 heavy (non-hydrogen) atoms. The number of methoxy groups -OCH3 is 1. The number of rotatable bonds is 22. The number of nitrogens with zero attached hydrogens (tertiary/aromatic N) is 6.